The van der Waals surface area contributed by atoms with E-state index < -0.39 is 0 Å². The number of methoxy groups -OCH3 is 1. The number of likely N-dealkylation sites (N-methyl/N-ethyl adjacent to an activating group) is 1. The van der Waals surface area contributed by atoms with Gasteiger partial charge in [-0.15, -0.1) is 0 Å². The third-order valence-corrected chi connectivity index (χ3v) is 5.79. The summed E-state index contributed by atoms with van der Waals surface area (Å²) in [5.74, 6) is 0.923. The molecule has 152 valence electrons. The average Bonchev–Trinajstić information content (AvgIpc) is 3.04. The van der Waals surface area contributed by atoms with Crippen molar-refractivity contribution >= 4 is 39.8 Å². The highest BCUT2D eigenvalue weighted by atomic mass is 32.2. The van der Waals surface area contributed by atoms with E-state index in [9.17, 15) is 9.59 Å². The van der Waals surface area contributed by atoms with Crippen molar-refractivity contribution in [2.45, 2.75) is 13.5 Å². The van der Waals surface area contributed by atoms with Gasteiger partial charge >= 0.3 is 0 Å². The van der Waals surface area contributed by atoms with E-state index in [0.29, 0.717) is 29.6 Å². The topological polar surface area (TPSA) is 55.8 Å². The second kappa shape index (κ2) is 8.63. The largest absolute Gasteiger partial charge is 0.493 e. The number of amides is 2. The molecule has 2 amide bonds. The van der Waals surface area contributed by atoms with Crippen molar-refractivity contribution in [1.82, 2.24) is 4.90 Å². The van der Waals surface area contributed by atoms with E-state index in [0.717, 1.165) is 22.9 Å². The van der Waals surface area contributed by atoms with Crippen LogP contribution in [0.25, 0.3) is 16.8 Å². The fraction of sp³-hybridized carbons (Fsp3) is 0.167. The zero-order chi connectivity index (χ0) is 21.1. The van der Waals surface area contributed by atoms with E-state index in [4.69, 9.17) is 9.47 Å². The van der Waals surface area contributed by atoms with Gasteiger partial charge in [-0.2, -0.15) is 0 Å². The van der Waals surface area contributed by atoms with Crippen LogP contribution in [0.3, 0.4) is 0 Å². The van der Waals surface area contributed by atoms with Crippen LogP contribution < -0.4 is 9.47 Å². The highest BCUT2D eigenvalue weighted by Crippen LogP contribution is 2.34. The summed E-state index contributed by atoms with van der Waals surface area (Å²) >= 11 is 0.954. The first kappa shape index (κ1) is 20.0. The van der Waals surface area contributed by atoms with Gasteiger partial charge in [0.1, 0.15) is 6.61 Å². The van der Waals surface area contributed by atoms with Gasteiger partial charge in [0, 0.05) is 6.54 Å². The van der Waals surface area contributed by atoms with Crippen molar-refractivity contribution in [3.63, 3.8) is 0 Å². The Morgan fingerprint density at radius 1 is 0.967 bits per heavy atom. The Morgan fingerprint density at radius 3 is 2.50 bits per heavy atom. The summed E-state index contributed by atoms with van der Waals surface area (Å²) in [4.78, 5) is 25.8. The first-order valence-electron chi connectivity index (χ1n) is 9.63. The fourth-order valence-corrected chi connectivity index (χ4v) is 4.21. The first-order valence-corrected chi connectivity index (χ1v) is 10.4. The predicted molar refractivity (Wildman–Crippen MR) is 120 cm³/mol. The van der Waals surface area contributed by atoms with Crippen molar-refractivity contribution in [2.75, 3.05) is 13.7 Å². The van der Waals surface area contributed by atoms with E-state index in [-0.39, 0.29) is 11.1 Å². The van der Waals surface area contributed by atoms with Crippen LogP contribution >= 0.6 is 11.8 Å². The molecular weight excluding hydrogens is 398 g/mol. The molecule has 4 rings (SSSR count). The molecule has 1 aliphatic rings. The van der Waals surface area contributed by atoms with Crippen LogP contribution in [-0.4, -0.2) is 29.7 Å². The van der Waals surface area contributed by atoms with Gasteiger partial charge in [0.05, 0.1) is 12.0 Å². The smallest absolute Gasteiger partial charge is 0.293 e. The molecule has 0 N–H and O–H groups in total. The average molecular weight is 420 g/mol. The summed E-state index contributed by atoms with van der Waals surface area (Å²) in [6, 6.07) is 19.9. The SMILES string of the molecule is CCN1C(=O)S/C(=C/c2ccc(OCc3ccc4ccccc4c3)c(OC)c2)C1=O. The van der Waals surface area contributed by atoms with Gasteiger partial charge in [-0.3, -0.25) is 14.5 Å². The standard InChI is InChI=1S/C24H21NO4S/c1-3-25-23(26)22(30-24(25)27)14-16-9-11-20(21(13-16)28-2)29-15-17-8-10-18-6-4-5-7-19(18)12-17/h4-14H,3,15H2,1-2H3/b22-14+. The number of benzene rings is 3. The molecule has 1 saturated heterocycles. The number of nitrogens with zero attached hydrogens (tertiary/aromatic N) is 1. The lowest BCUT2D eigenvalue weighted by Crippen LogP contribution is -2.27. The molecule has 0 bridgehead atoms. The normalized spacial score (nSPS) is 15.3. The van der Waals surface area contributed by atoms with Gasteiger partial charge in [0.15, 0.2) is 11.5 Å². The number of fused-ring (bicyclic) bond motifs is 1. The quantitative estimate of drug-likeness (QED) is 0.495. The molecular formula is C24H21NO4S. The molecule has 0 radical (unpaired) electrons. The third kappa shape index (κ3) is 4.04. The summed E-state index contributed by atoms with van der Waals surface area (Å²) in [5, 5.41) is 2.12. The Hall–Kier alpha value is -3.25. The van der Waals surface area contributed by atoms with E-state index in [1.807, 2.05) is 30.3 Å². The number of carbonyl (C=O) groups is 2. The number of hydrogen-bond acceptors (Lipinski definition) is 5. The number of rotatable bonds is 6. The Bertz CT molecular complexity index is 1150. The number of ether oxygens (including phenoxy) is 2. The lowest BCUT2D eigenvalue weighted by Gasteiger charge is -2.12. The number of hydrogen-bond donors (Lipinski definition) is 0. The van der Waals surface area contributed by atoms with Gasteiger partial charge in [-0.1, -0.05) is 42.5 Å². The number of thioether (sulfide) groups is 1. The highest BCUT2D eigenvalue weighted by Gasteiger charge is 2.33. The Balaban J connectivity index is 1.51. The fourth-order valence-electron chi connectivity index (χ4n) is 3.31. The van der Waals surface area contributed by atoms with Gasteiger partial charge < -0.3 is 9.47 Å². The van der Waals surface area contributed by atoms with Crippen LogP contribution in [0.5, 0.6) is 11.5 Å². The molecule has 5 nitrogen and oxygen atoms in total. The summed E-state index contributed by atoms with van der Waals surface area (Å²) < 4.78 is 11.5. The van der Waals surface area contributed by atoms with Gasteiger partial charge in [0.2, 0.25) is 0 Å². The van der Waals surface area contributed by atoms with Crippen LogP contribution in [-0.2, 0) is 11.4 Å². The Morgan fingerprint density at radius 2 is 1.77 bits per heavy atom. The lowest BCUT2D eigenvalue weighted by atomic mass is 10.1. The van der Waals surface area contributed by atoms with E-state index >= 15 is 0 Å². The third-order valence-electron chi connectivity index (χ3n) is 4.88. The van der Waals surface area contributed by atoms with Crippen molar-refractivity contribution < 1.29 is 19.1 Å². The summed E-state index contributed by atoms with van der Waals surface area (Å²) in [6.07, 6.45) is 1.70. The highest BCUT2D eigenvalue weighted by molar-refractivity contribution is 8.18. The van der Waals surface area contributed by atoms with Crippen LogP contribution in [0.4, 0.5) is 4.79 Å². The second-order valence-corrected chi connectivity index (χ2v) is 7.80. The molecule has 1 aliphatic heterocycles. The van der Waals surface area contributed by atoms with Gasteiger partial charge in [0.25, 0.3) is 11.1 Å². The zero-order valence-electron chi connectivity index (χ0n) is 16.8. The summed E-state index contributed by atoms with van der Waals surface area (Å²) in [5.41, 5.74) is 1.83. The summed E-state index contributed by atoms with van der Waals surface area (Å²) in [7, 11) is 1.58. The predicted octanol–water partition coefficient (Wildman–Crippen LogP) is 5.48. The van der Waals surface area contributed by atoms with Crippen LogP contribution in [0.1, 0.15) is 18.1 Å². The maximum atomic E-state index is 12.3. The monoisotopic (exact) mass is 419 g/mol. The van der Waals surface area contributed by atoms with Crippen molar-refractivity contribution in [3.05, 3.63) is 76.7 Å². The molecule has 1 heterocycles. The molecule has 1 fully saturated rings. The maximum absolute atomic E-state index is 12.3. The van der Waals surface area contributed by atoms with Gasteiger partial charge in [-0.25, -0.2) is 0 Å². The Kier molecular flexibility index (Phi) is 5.77. The van der Waals surface area contributed by atoms with Crippen LogP contribution in [0.15, 0.2) is 65.6 Å². The van der Waals surface area contributed by atoms with Crippen molar-refractivity contribution in [3.8, 4) is 11.5 Å². The lowest BCUT2D eigenvalue weighted by molar-refractivity contribution is -0.122. The minimum Gasteiger partial charge on any atom is -0.493 e. The first-order chi connectivity index (χ1) is 14.6. The molecule has 3 aromatic carbocycles. The minimum atomic E-state index is -0.261. The molecule has 0 aliphatic carbocycles. The molecule has 0 spiro atoms. The molecule has 3 aromatic rings. The molecule has 0 unspecified atom stereocenters. The van der Waals surface area contributed by atoms with Gasteiger partial charge in [-0.05, 0) is 64.9 Å². The second-order valence-electron chi connectivity index (χ2n) is 6.81. The minimum absolute atomic E-state index is 0.240. The summed E-state index contributed by atoms with van der Waals surface area (Å²) in [6.45, 7) is 2.56. The molecule has 0 atom stereocenters. The zero-order valence-corrected chi connectivity index (χ0v) is 17.6. The maximum Gasteiger partial charge on any atom is 0.293 e. The molecule has 6 heteroatoms. The number of imide groups is 1. The van der Waals surface area contributed by atoms with E-state index in [1.54, 1.807) is 26.2 Å². The van der Waals surface area contributed by atoms with E-state index in [2.05, 4.69) is 24.3 Å². The van der Waals surface area contributed by atoms with Crippen molar-refractivity contribution in [2.24, 2.45) is 0 Å². The van der Waals surface area contributed by atoms with Crippen LogP contribution in [0, 0.1) is 0 Å². The molecule has 30 heavy (non-hydrogen) atoms. The molecule has 0 saturated carbocycles. The van der Waals surface area contributed by atoms with Crippen molar-refractivity contribution in [1.29, 1.82) is 0 Å². The molecule has 0 aromatic heterocycles. The number of carbonyl (C=O) groups excluding carboxylic acids is 2. The van der Waals surface area contributed by atoms with E-state index in [1.165, 1.54) is 15.7 Å². The Labute approximate surface area is 179 Å². The van der Waals surface area contributed by atoms with Crippen LogP contribution in [0.2, 0.25) is 0 Å².